The first-order valence-corrected chi connectivity index (χ1v) is 12.1. The predicted octanol–water partition coefficient (Wildman–Crippen LogP) is 4.15. The third-order valence-electron chi connectivity index (χ3n) is 4.73. The lowest BCUT2D eigenvalue weighted by Crippen LogP contribution is -2.24. The van der Waals surface area contributed by atoms with Gasteiger partial charge in [0.15, 0.2) is 10.1 Å². The molecule has 0 atom stereocenters. The maximum Gasteiger partial charge on any atom is 0.262 e. The molecule has 4 rings (SSSR count). The highest BCUT2D eigenvalue weighted by atomic mass is 35.5. The van der Waals surface area contributed by atoms with E-state index in [0.29, 0.717) is 63.7 Å². The van der Waals surface area contributed by atoms with Crippen molar-refractivity contribution in [3.8, 4) is 0 Å². The fourth-order valence-electron chi connectivity index (χ4n) is 3.26. The molecular formula is C21H21ClN4O3S2. The van der Waals surface area contributed by atoms with Crippen LogP contribution in [-0.4, -0.2) is 32.1 Å². The number of fused-ring (bicyclic) bond motifs is 2. The lowest BCUT2D eigenvalue weighted by atomic mass is 10.2. The van der Waals surface area contributed by atoms with Crippen LogP contribution in [0.3, 0.4) is 0 Å². The summed E-state index contributed by atoms with van der Waals surface area (Å²) in [6.45, 7) is 5.52. The average molecular weight is 477 g/mol. The van der Waals surface area contributed by atoms with Crippen LogP contribution in [0.5, 0.6) is 0 Å². The highest BCUT2D eigenvalue weighted by Gasteiger charge is 2.14. The van der Waals surface area contributed by atoms with E-state index in [4.69, 9.17) is 21.3 Å². The largest absolute Gasteiger partial charge is 0.382 e. The number of aryl methyl sites for hydroxylation is 1. The van der Waals surface area contributed by atoms with Gasteiger partial charge in [-0.25, -0.2) is 9.97 Å². The summed E-state index contributed by atoms with van der Waals surface area (Å²) in [6.07, 6.45) is 0.697. The number of hydrogen-bond donors (Lipinski definition) is 0. The SMILES string of the molecule is CCOCCCn1c(SCc2cc(=O)n3c(C)csc3n2)nc2cc(Cl)ccc2c1=O. The first kappa shape index (κ1) is 22.0. The van der Waals surface area contributed by atoms with Crippen LogP contribution in [0, 0.1) is 6.92 Å². The van der Waals surface area contributed by atoms with E-state index in [2.05, 4.69) is 4.98 Å². The van der Waals surface area contributed by atoms with Gasteiger partial charge in [0.1, 0.15) is 0 Å². The zero-order valence-corrected chi connectivity index (χ0v) is 19.5. The van der Waals surface area contributed by atoms with Gasteiger partial charge in [0.2, 0.25) is 0 Å². The van der Waals surface area contributed by atoms with Crippen LogP contribution in [-0.2, 0) is 17.0 Å². The number of halogens is 1. The van der Waals surface area contributed by atoms with Gasteiger partial charge >= 0.3 is 0 Å². The smallest absolute Gasteiger partial charge is 0.262 e. The number of thiazole rings is 1. The second kappa shape index (κ2) is 9.52. The van der Waals surface area contributed by atoms with Crippen LogP contribution < -0.4 is 11.1 Å². The fourth-order valence-corrected chi connectivity index (χ4v) is 5.24. The molecule has 0 radical (unpaired) electrons. The Balaban J connectivity index is 1.67. The average Bonchev–Trinajstić information content (AvgIpc) is 3.12. The first-order chi connectivity index (χ1) is 15.0. The number of ether oxygens (including phenoxy) is 1. The molecule has 0 amide bonds. The van der Waals surface area contributed by atoms with E-state index in [-0.39, 0.29) is 11.1 Å². The van der Waals surface area contributed by atoms with Gasteiger partial charge in [-0.05, 0) is 38.5 Å². The minimum atomic E-state index is -0.113. The Labute approximate surface area is 191 Å². The zero-order chi connectivity index (χ0) is 22.0. The van der Waals surface area contributed by atoms with Crippen molar-refractivity contribution in [2.24, 2.45) is 0 Å². The summed E-state index contributed by atoms with van der Waals surface area (Å²) in [4.78, 5) is 35.5. The molecule has 0 saturated carbocycles. The number of benzene rings is 1. The number of hydrogen-bond acceptors (Lipinski definition) is 7. The molecule has 0 N–H and O–H groups in total. The molecule has 0 bridgehead atoms. The van der Waals surface area contributed by atoms with Crippen LogP contribution >= 0.6 is 34.7 Å². The molecule has 0 aliphatic rings. The Morgan fingerprint density at radius 1 is 1.23 bits per heavy atom. The second-order valence-corrected chi connectivity index (χ2v) is 9.15. The fraction of sp³-hybridized carbons (Fsp3) is 0.333. The van der Waals surface area contributed by atoms with Crippen molar-refractivity contribution < 1.29 is 4.74 Å². The highest BCUT2D eigenvalue weighted by Crippen LogP contribution is 2.23. The second-order valence-electron chi connectivity index (χ2n) is 6.93. The Hall–Kier alpha value is -2.20. The Bertz CT molecular complexity index is 1360. The third-order valence-corrected chi connectivity index (χ3v) is 6.92. The van der Waals surface area contributed by atoms with Crippen molar-refractivity contribution in [1.82, 2.24) is 18.9 Å². The Morgan fingerprint density at radius 3 is 2.87 bits per heavy atom. The van der Waals surface area contributed by atoms with Gasteiger partial charge in [0.25, 0.3) is 11.1 Å². The zero-order valence-electron chi connectivity index (χ0n) is 17.1. The molecule has 1 aromatic carbocycles. The lowest BCUT2D eigenvalue weighted by molar-refractivity contribution is 0.140. The molecule has 3 heterocycles. The van der Waals surface area contributed by atoms with Gasteiger partial charge in [0, 0.05) is 47.7 Å². The summed E-state index contributed by atoms with van der Waals surface area (Å²) in [5.74, 6) is 0.423. The van der Waals surface area contributed by atoms with E-state index < -0.39 is 0 Å². The van der Waals surface area contributed by atoms with Crippen LogP contribution in [0.1, 0.15) is 24.7 Å². The monoisotopic (exact) mass is 476 g/mol. The molecule has 162 valence electrons. The number of rotatable bonds is 8. The van der Waals surface area contributed by atoms with Gasteiger partial charge in [-0.15, -0.1) is 11.3 Å². The predicted molar refractivity (Wildman–Crippen MR) is 126 cm³/mol. The molecule has 3 aromatic heterocycles. The summed E-state index contributed by atoms with van der Waals surface area (Å²) < 4.78 is 8.68. The molecule has 10 heteroatoms. The Kier molecular flexibility index (Phi) is 6.76. The van der Waals surface area contributed by atoms with Gasteiger partial charge in [-0.1, -0.05) is 23.4 Å². The molecule has 0 saturated heterocycles. The van der Waals surface area contributed by atoms with Crippen LogP contribution in [0.4, 0.5) is 0 Å². The summed E-state index contributed by atoms with van der Waals surface area (Å²) >= 11 is 8.93. The Morgan fingerprint density at radius 2 is 2.06 bits per heavy atom. The molecule has 7 nitrogen and oxygen atoms in total. The summed E-state index contributed by atoms with van der Waals surface area (Å²) in [5.41, 5.74) is 1.86. The van der Waals surface area contributed by atoms with E-state index in [0.717, 1.165) is 5.69 Å². The maximum atomic E-state index is 13.1. The van der Waals surface area contributed by atoms with E-state index in [1.807, 2.05) is 19.2 Å². The normalized spacial score (nSPS) is 11.6. The summed E-state index contributed by atoms with van der Waals surface area (Å²) in [6, 6.07) is 6.63. The van der Waals surface area contributed by atoms with Crippen molar-refractivity contribution >= 4 is 50.6 Å². The highest BCUT2D eigenvalue weighted by molar-refractivity contribution is 7.98. The standard InChI is InChI=1S/C21H21ClN4O3S2/c1-3-29-8-4-7-25-19(28)16-6-5-14(22)9-17(16)24-20(25)31-12-15-10-18(27)26-13(2)11-30-21(26)23-15/h5-6,9-11H,3-4,7-8,12H2,1-2H3. The molecular weight excluding hydrogens is 456 g/mol. The topological polar surface area (TPSA) is 78.5 Å². The van der Waals surface area contributed by atoms with Crippen molar-refractivity contribution in [3.63, 3.8) is 0 Å². The molecule has 4 aromatic rings. The minimum absolute atomic E-state index is 0.105. The first-order valence-electron chi connectivity index (χ1n) is 9.85. The quantitative estimate of drug-likeness (QED) is 0.216. The molecule has 0 spiro atoms. The minimum Gasteiger partial charge on any atom is -0.382 e. The van der Waals surface area contributed by atoms with Crippen molar-refractivity contribution in [2.75, 3.05) is 13.2 Å². The van der Waals surface area contributed by atoms with E-state index in [1.165, 1.54) is 29.2 Å². The van der Waals surface area contributed by atoms with Crippen LogP contribution in [0.15, 0.2) is 44.4 Å². The van der Waals surface area contributed by atoms with Crippen molar-refractivity contribution in [2.45, 2.75) is 37.7 Å². The molecule has 0 unspecified atom stereocenters. The van der Waals surface area contributed by atoms with Crippen molar-refractivity contribution in [1.29, 1.82) is 0 Å². The molecule has 31 heavy (non-hydrogen) atoms. The maximum absolute atomic E-state index is 13.1. The summed E-state index contributed by atoms with van der Waals surface area (Å²) in [7, 11) is 0. The van der Waals surface area contributed by atoms with Gasteiger partial charge < -0.3 is 4.74 Å². The third kappa shape index (κ3) is 4.69. The molecule has 0 fully saturated rings. The van der Waals surface area contributed by atoms with Gasteiger partial charge in [0.05, 0.1) is 16.6 Å². The van der Waals surface area contributed by atoms with E-state index >= 15 is 0 Å². The van der Waals surface area contributed by atoms with E-state index in [1.54, 1.807) is 27.2 Å². The molecule has 0 aliphatic carbocycles. The lowest BCUT2D eigenvalue weighted by Gasteiger charge is -2.13. The van der Waals surface area contributed by atoms with Crippen LogP contribution in [0.2, 0.25) is 5.02 Å². The van der Waals surface area contributed by atoms with Crippen molar-refractivity contribution in [3.05, 3.63) is 66.8 Å². The summed E-state index contributed by atoms with van der Waals surface area (Å²) in [5, 5.41) is 3.53. The number of thioether (sulfide) groups is 1. The number of nitrogens with zero attached hydrogens (tertiary/aromatic N) is 4. The number of aromatic nitrogens is 4. The van der Waals surface area contributed by atoms with Gasteiger partial charge in [-0.3, -0.25) is 18.6 Å². The van der Waals surface area contributed by atoms with Crippen LogP contribution in [0.25, 0.3) is 15.9 Å². The molecule has 0 aliphatic heterocycles. The van der Waals surface area contributed by atoms with E-state index in [9.17, 15) is 9.59 Å². The van der Waals surface area contributed by atoms with Gasteiger partial charge in [-0.2, -0.15) is 0 Å².